The Balaban J connectivity index is 2.13. The van der Waals surface area contributed by atoms with E-state index in [0.717, 1.165) is 0 Å². The molecule has 0 bridgehead atoms. The second-order valence-electron chi connectivity index (χ2n) is 7.35. The summed E-state index contributed by atoms with van der Waals surface area (Å²) in [5.74, 6) is 0.0383. The Morgan fingerprint density at radius 1 is 1.16 bits per heavy atom. The van der Waals surface area contributed by atoms with Crippen molar-refractivity contribution < 1.29 is 21.9 Å². The van der Waals surface area contributed by atoms with E-state index in [-0.39, 0.29) is 17.5 Å². The second-order valence-corrected chi connectivity index (χ2v) is 9.20. The Labute approximate surface area is 180 Å². The van der Waals surface area contributed by atoms with Gasteiger partial charge in [-0.2, -0.15) is 14.0 Å². The number of sulfonamides is 1. The molecule has 1 heterocycles. The summed E-state index contributed by atoms with van der Waals surface area (Å²) in [6.45, 7) is 2.70. The van der Waals surface area contributed by atoms with E-state index in [9.17, 15) is 22.5 Å². The Bertz CT molecular complexity index is 1230. The monoisotopic (exact) mass is 447 g/mol. The van der Waals surface area contributed by atoms with Gasteiger partial charge in [-0.05, 0) is 50.1 Å². The van der Waals surface area contributed by atoms with Crippen LogP contribution in [0.15, 0.2) is 42.5 Å². The predicted octanol–water partition coefficient (Wildman–Crippen LogP) is 5.51. The highest BCUT2D eigenvalue weighted by atomic mass is 32.2. The molecule has 0 aliphatic rings. The maximum Gasteiger partial charge on any atom is 0.387 e. The lowest BCUT2D eigenvalue weighted by Crippen LogP contribution is -2.15. The maximum atomic E-state index is 12.7. The number of halogens is 2. The molecule has 0 saturated carbocycles. The van der Waals surface area contributed by atoms with Crippen LogP contribution in [-0.4, -0.2) is 25.3 Å². The topological polar surface area (TPSA) is 84.1 Å². The number of hydrogen-bond acceptors (Lipinski definition) is 4. The zero-order valence-electron chi connectivity index (χ0n) is 17.4. The number of rotatable bonds is 8. The third kappa shape index (κ3) is 4.80. The predicted molar refractivity (Wildman–Crippen MR) is 117 cm³/mol. The first-order chi connectivity index (χ1) is 14.7. The highest BCUT2D eigenvalue weighted by Crippen LogP contribution is 2.38. The van der Waals surface area contributed by atoms with Gasteiger partial charge in [0.05, 0.1) is 22.5 Å². The van der Waals surface area contributed by atoms with Gasteiger partial charge in [-0.15, -0.1) is 0 Å². The number of aromatic nitrogens is 1. The summed E-state index contributed by atoms with van der Waals surface area (Å²) in [6.07, 6.45) is 0.505. The molecule has 0 radical (unpaired) electrons. The second kappa shape index (κ2) is 8.94. The molecular weight excluding hydrogens is 424 g/mol. The first-order valence-corrected chi connectivity index (χ1v) is 11.5. The van der Waals surface area contributed by atoms with E-state index in [0.29, 0.717) is 39.8 Å². The molecule has 0 aliphatic carbocycles. The highest BCUT2D eigenvalue weighted by molar-refractivity contribution is 7.92. The van der Waals surface area contributed by atoms with Gasteiger partial charge in [0.25, 0.3) is 0 Å². The number of nitriles is 1. The van der Waals surface area contributed by atoms with Gasteiger partial charge in [-0.3, -0.25) is 4.72 Å². The van der Waals surface area contributed by atoms with Gasteiger partial charge in [0.2, 0.25) is 10.0 Å². The maximum absolute atomic E-state index is 12.7. The molecule has 0 atom stereocenters. The van der Waals surface area contributed by atoms with Gasteiger partial charge in [0.1, 0.15) is 11.8 Å². The lowest BCUT2D eigenvalue weighted by molar-refractivity contribution is -0.0497. The van der Waals surface area contributed by atoms with Gasteiger partial charge >= 0.3 is 6.61 Å². The highest BCUT2D eigenvalue weighted by Gasteiger charge is 2.21. The van der Waals surface area contributed by atoms with Gasteiger partial charge < -0.3 is 9.30 Å². The molecule has 1 N–H and O–H groups in total. The number of benzene rings is 2. The Kier molecular flexibility index (Phi) is 6.51. The van der Waals surface area contributed by atoms with E-state index in [1.54, 1.807) is 37.3 Å². The van der Waals surface area contributed by atoms with Crippen LogP contribution in [-0.2, 0) is 10.0 Å². The van der Waals surface area contributed by atoms with E-state index >= 15 is 0 Å². The number of anilines is 1. The summed E-state index contributed by atoms with van der Waals surface area (Å²) < 4.78 is 58.3. The summed E-state index contributed by atoms with van der Waals surface area (Å²) >= 11 is 0. The molecule has 3 aromatic rings. The van der Waals surface area contributed by atoms with Crippen LogP contribution < -0.4 is 9.46 Å². The average molecular weight is 448 g/mol. The normalized spacial score (nSPS) is 11.8. The molecule has 0 spiro atoms. The zero-order chi connectivity index (χ0) is 22.8. The van der Waals surface area contributed by atoms with Crippen LogP contribution in [0.4, 0.5) is 14.5 Å². The van der Waals surface area contributed by atoms with Crippen molar-refractivity contribution in [2.45, 2.75) is 39.8 Å². The molecule has 0 saturated heterocycles. The third-order valence-electron chi connectivity index (χ3n) is 4.73. The molecule has 0 fully saturated rings. The number of alkyl halides is 2. The molecule has 0 amide bonds. The number of ether oxygens (including phenoxy) is 1. The van der Waals surface area contributed by atoms with Crippen molar-refractivity contribution in [3.8, 4) is 23.1 Å². The summed E-state index contributed by atoms with van der Waals surface area (Å²) in [5.41, 5.74) is 2.77. The molecule has 3 rings (SSSR count). The number of hydrogen-bond donors (Lipinski definition) is 1. The third-order valence-corrected chi connectivity index (χ3v) is 6.23. The minimum absolute atomic E-state index is 0.0126. The van der Waals surface area contributed by atoms with Crippen molar-refractivity contribution in [2.24, 2.45) is 0 Å². The quantitative estimate of drug-likeness (QED) is 0.493. The van der Waals surface area contributed by atoms with Crippen molar-refractivity contribution in [3.63, 3.8) is 0 Å². The molecule has 164 valence electrons. The van der Waals surface area contributed by atoms with Crippen LogP contribution in [0.1, 0.15) is 38.8 Å². The fraction of sp³-hybridized carbons (Fsp3) is 0.318. The van der Waals surface area contributed by atoms with Gasteiger partial charge in [0, 0.05) is 23.2 Å². The largest absolute Gasteiger partial charge is 0.435 e. The fourth-order valence-corrected chi connectivity index (χ4v) is 4.73. The first-order valence-electron chi connectivity index (χ1n) is 9.80. The molecule has 6 nitrogen and oxygen atoms in total. The standard InChI is InChI=1S/C22H23F2N3O3S/c1-4-11-31(28,29)26-16-7-5-15(6-8-16)21-19(13-25)18-10-9-17(30-22(23)24)12-20(18)27(21)14(2)3/h5-10,12,14,22,26H,4,11H2,1-3H3. The van der Waals surface area contributed by atoms with E-state index in [4.69, 9.17) is 0 Å². The zero-order valence-corrected chi connectivity index (χ0v) is 18.2. The SMILES string of the molecule is CCCS(=O)(=O)Nc1ccc(-c2c(C#N)c3ccc(OC(F)F)cc3n2C(C)C)cc1. The van der Waals surface area contributed by atoms with E-state index in [1.165, 1.54) is 12.1 Å². The van der Waals surface area contributed by atoms with E-state index < -0.39 is 16.6 Å². The van der Waals surface area contributed by atoms with Gasteiger partial charge in [-0.25, -0.2) is 8.42 Å². The average Bonchev–Trinajstić information content (AvgIpc) is 3.01. The molecule has 0 aliphatic heterocycles. The number of nitrogens with zero attached hydrogens (tertiary/aromatic N) is 2. The van der Waals surface area contributed by atoms with Crippen LogP contribution in [0.5, 0.6) is 5.75 Å². The van der Waals surface area contributed by atoms with Gasteiger partial charge in [-0.1, -0.05) is 19.1 Å². The van der Waals surface area contributed by atoms with Crippen LogP contribution in [0.3, 0.4) is 0 Å². The molecule has 1 aromatic heterocycles. The smallest absolute Gasteiger partial charge is 0.387 e. The number of fused-ring (bicyclic) bond motifs is 1. The molecule has 9 heteroatoms. The van der Waals surface area contributed by atoms with Crippen molar-refractivity contribution in [2.75, 3.05) is 10.5 Å². The molecule has 2 aromatic carbocycles. The Morgan fingerprint density at radius 2 is 1.84 bits per heavy atom. The van der Waals surface area contributed by atoms with Gasteiger partial charge in [0.15, 0.2) is 0 Å². The van der Waals surface area contributed by atoms with Crippen LogP contribution in [0.25, 0.3) is 22.2 Å². The summed E-state index contributed by atoms with van der Waals surface area (Å²) in [5, 5.41) is 10.5. The lowest BCUT2D eigenvalue weighted by Gasteiger charge is -2.16. The van der Waals surface area contributed by atoms with Crippen molar-refractivity contribution in [1.29, 1.82) is 5.26 Å². The minimum Gasteiger partial charge on any atom is -0.435 e. The fourth-order valence-electron chi connectivity index (χ4n) is 3.60. The van der Waals surface area contributed by atoms with Crippen LogP contribution in [0.2, 0.25) is 0 Å². The van der Waals surface area contributed by atoms with Crippen LogP contribution >= 0.6 is 0 Å². The number of nitrogens with one attached hydrogen (secondary N) is 1. The van der Waals surface area contributed by atoms with E-state index in [2.05, 4.69) is 15.5 Å². The summed E-state index contributed by atoms with van der Waals surface area (Å²) in [4.78, 5) is 0. The minimum atomic E-state index is -3.41. The summed E-state index contributed by atoms with van der Waals surface area (Å²) in [7, 11) is -3.41. The molecule has 0 unspecified atom stereocenters. The molecular formula is C22H23F2N3O3S. The first kappa shape index (κ1) is 22.6. The lowest BCUT2D eigenvalue weighted by atomic mass is 10.1. The molecule has 31 heavy (non-hydrogen) atoms. The Hall–Kier alpha value is -3.12. The summed E-state index contributed by atoms with van der Waals surface area (Å²) in [6, 6.07) is 13.4. The van der Waals surface area contributed by atoms with Crippen molar-refractivity contribution in [3.05, 3.63) is 48.0 Å². The van der Waals surface area contributed by atoms with E-state index in [1.807, 2.05) is 18.4 Å². The van der Waals surface area contributed by atoms with Crippen LogP contribution in [0, 0.1) is 11.3 Å². The van der Waals surface area contributed by atoms with Crippen molar-refractivity contribution >= 4 is 26.6 Å². The Morgan fingerprint density at radius 3 is 2.39 bits per heavy atom. The van der Waals surface area contributed by atoms with Crippen molar-refractivity contribution in [1.82, 2.24) is 4.57 Å².